The van der Waals surface area contributed by atoms with E-state index in [9.17, 15) is 9.59 Å². The highest BCUT2D eigenvalue weighted by Crippen LogP contribution is 1.90. The molecular weight excluding hydrogens is 753 g/mol. The van der Waals surface area contributed by atoms with Gasteiger partial charge in [0.1, 0.15) is 5.78 Å². The van der Waals surface area contributed by atoms with Gasteiger partial charge in [0.05, 0.1) is 13.2 Å². The van der Waals surface area contributed by atoms with Gasteiger partial charge in [0.25, 0.3) is 0 Å². The Morgan fingerprint density at radius 1 is 0.732 bits per heavy atom. The number of thioether (sulfide) groups is 1. The summed E-state index contributed by atoms with van der Waals surface area (Å²) in [4.78, 5) is 19.0. The molecule has 0 saturated heterocycles. The minimum Gasteiger partial charge on any atom is -0.469 e. The molecule has 0 heterocycles. The van der Waals surface area contributed by atoms with Crippen molar-refractivity contribution in [3.05, 3.63) is 0 Å². The monoisotopic (exact) mass is 859 g/mol. The summed E-state index contributed by atoms with van der Waals surface area (Å²) >= 11 is 6.38. The van der Waals surface area contributed by atoms with Crippen LogP contribution in [0.15, 0.2) is 5.10 Å². The zero-order valence-electron chi connectivity index (χ0n) is 42.6. The van der Waals surface area contributed by atoms with E-state index in [0.29, 0.717) is 11.2 Å². The standard InChI is InChI=1S/C5H12O.C4H11N.C4H10O.C3H8N2S.C3H8N2.C3H9N.C3H6O2.C3H8O.C3H6O.2C3H8.C2H6O.C2H6S/c1-4-5(2)6-3;2*1-3-4-5-2;1-4-3(6)5-2;1-3-5-4-2;1-3-4-2;1-3(4)5-2;1-3-4-2;1-3(2)4;4*1-3-2/h5H,4H2,1-3H3;5H,3-4H2,1-2H3;3-4H2,1-2H3;1-2H3,(H2,4,5,6);3-4H,1-2H3;4H,3H2,1-2H3;1-2H3;3H2,1-2H3;1-2H3;2*3H2,1-2H3;2*1-2H3/b;;;;5-3+;;;;;;;;. The maximum atomic E-state index is 9.59. The quantitative estimate of drug-likeness (QED) is 0.0650. The van der Waals surface area contributed by atoms with Crippen LogP contribution in [0.25, 0.3) is 0 Å². The maximum absolute atomic E-state index is 9.59. The molecule has 56 heavy (non-hydrogen) atoms. The maximum Gasteiger partial charge on any atom is 0.302 e. The molecule has 0 amide bonds. The lowest BCUT2D eigenvalue weighted by atomic mass is 10.3. The topological polar surface area (TPSA) is 153 Å². The number of nitrogens with one attached hydrogen (secondary N) is 5. The lowest BCUT2D eigenvalue weighted by Gasteiger charge is -2.01. The zero-order chi connectivity index (χ0) is 47.9. The third-order valence-corrected chi connectivity index (χ3v) is 3.94. The van der Waals surface area contributed by atoms with Gasteiger partial charge < -0.3 is 55.2 Å². The summed E-state index contributed by atoms with van der Waals surface area (Å²) in [6.45, 7) is 31.1. The molecular formula is C41H106N6O7S2. The summed E-state index contributed by atoms with van der Waals surface area (Å²) in [5, 5.41) is 15.7. The Balaban J connectivity index is -0.0000000327. The summed E-state index contributed by atoms with van der Waals surface area (Å²) in [6, 6.07) is 0. The number of Topliss-reactive ketones (excluding diaryl/α,β-unsaturated/α-hetero) is 1. The van der Waals surface area contributed by atoms with Gasteiger partial charge in [0, 0.05) is 83.0 Å². The van der Waals surface area contributed by atoms with Crippen LogP contribution in [0.4, 0.5) is 0 Å². The summed E-state index contributed by atoms with van der Waals surface area (Å²) in [5.74, 6) is -0.0787. The molecule has 1 atom stereocenters. The number of carbonyl (C=O) groups is 2. The molecule has 0 aromatic heterocycles. The van der Waals surface area contributed by atoms with Gasteiger partial charge in [-0.15, -0.1) is 0 Å². The molecule has 0 aliphatic carbocycles. The molecule has 0 fully saturated rings. The van der Waals surface area contributed by atoms with Gasteiger partial charge in [-0.1, -0.05) is 68.2 Å². The first-order valence-corrected chi connectivity index (χ1v) is 21.6. The van der Waals surface area contributed by atoms with Gasteiger partial charge in [-0.25, -0.2) is 0 Å². The van der Waals surface area contributed by atoms with Crippen molar-refractivity contribution in [3.8, 4) is 0 Å². The average Bonchev–Trinajstić information content (AvgIpc) is 3.17. The predicted octanol–water partition coefficient (Wildman–Crippen LogP) is 8.74. The van der Waals surface area contributed by atoms with E-state index in [4.69, 9.17) is 9.47 Å². The molecule has 5 N–H and O–H groups in total. The highest BCUT2D eigenvalue weighted by atomic mass is 32.2. The second-order valence-electron chi connectivity index (χ2n) is 10.1. The molecule has 0 aromatic rings. The Morgan fingerprint density at radius 3 is 1.04 bits per heavy atom. The van der Waals surface area contributed by atoms with Crippen LogP contribution in [0.3, 0.4) is 0 Å². The molecule has 0 aliphatic heterocycles. The van der Waals surface area contributed by atoms with Crippen LogP contribution in [0.5, 0.6) is 0 Å². The van der Waals surface area contributed by atoms with Gasteiger partial charge in [-0.05, 0) is 106 Å². The number of rotatable bonds is 9. The number of hydrazone groups is 1. The first-order valence-electron chi connectivity index (χ1n) is 19.5. The molecule has 0 spiro atoms. The van der Waals surface area contributed by atoms with E-state index in [2.05, 4.69) is 121 Å². The van der Waals surface area contributed by atoms with Gasteiger partial charge in [-0.3, -0.25) is 4.79 Å². The SMILES string of the molecule is C/C=N/NC.CC(C)=O.CCC.CCC.CCC(C)OC.CCCNC.CCCOC.CCNC.CCOC.CNC(=S)NC.COC.COC(C)=O.CSC. The molecule has 13 nitrogen and oxygen atoms in total. The minimum atomic E-state index is -0.245. The average molecular weight is 859 g/mol. The molecule has 354 valence electrons. The number of ketones is 1. The molecule has 0 saturated carbocycles. The first-order chi connectivity index (χ1) is 26.3. The zero-order valence-corrected chi connectivity index (χ0v) is 44.3. The van der Waals surface area contributed by atoms with E-state index >= 15 is 0 Å². The van der Waals surface area contributed by atoms with Crippen molar-refractivity contribution in [2.45, 2.75) is 135 Å². The van der Waals surface area contributed by atoms with Crippen LogP contribution < -0.4 is 26.7 Å². The van der Waals surface area contributed by atoms with Gasteiger partial charge in [-0.2, -0.15) is 16.9 Å². The van der Waals surface area contributed by atoms with E-state index in [1.165, 1.54) is 47.1 Å². The first kappa shape index (κ1) is 90.5. The third-order valence-electron chi connectivity index (χ3n) is 3.53. The van der Waals surface area contributed by atoms with Crippen LogP contribution >= 0.6 is 24.0 Å². The molecule has 0 aromatic carbocycles. The Kier molecular flexibility index (Phi) is 226. The molecule has 0 bridgehead atoms. The summed E-state index contributed by atoms with van der Waals surface area (Å²) in [5.41, 5.74) is 2.59. The van der Waals surface area contributed by atoms with Crippen molar-refractivity contribution in [3.63, 3.8) is 0 Å². The number of carbonyl (C=O) groups excluding carboxylic acids is 2. The van der Waals surface area contributed by atoms with Crippen molar-refractivity contribution in [1.29, 1.82) is 0 Å². The van der Waals surface area contributed by atoms with Gasteiger partial charge in [0.15, 0.2) is 5.11 Å². The minimum absolute atomic E-state index is 0.167. The number of thiocarbonyl (C=S) groups is 1. The van der Waals surface area contributed by atoms with Crippen LogP contribution in [-0.2, 0) is 33.3 Å². The van der Waals surface area contributed by atoms with Crippen LogP contribution in [0.2, 0.25) is 0 Å². The highest BCUT2D eigenvalue weighted by molar-refractivity contribution is 7.97. The second kappa shape index (κ2) is 140. The van der Waals surface area contributed by atoms with E-state index in [1.54, 1.807) is 74.7 Å². The molecule has 15 heteroatoms. The Labute approximate surface area is 362 Å². The number of esters is 1. The Morgan fingerprint density at radius 2 is 1.04 bits per heavy atom. The van der Waals surface area contributed by atoms with Gasteiger partial charge >= 0.3 is 5.97 Å². The smallest absolute Gasteiger partial charge is 0.302 e. The summed E-state index contributed by atoms with van der Waals surface area (Å²) < 4.78 is 22.5. The summed E-state index contributed by atoms with van der Waals surface area (Å²) in [6.07, 6.45) is 12.2. The number of hydrogen-bond donors (Lipinski definition) is 5. The number of methoxy groups -OCH3 is 5. The number of nitrogens with zero attached hydrogens (tertiary/aromatic N) is 1. The fraction of sp³-hybridized carbons (Fsp3) is 0.902. The van der Waals surface area contributed by atoms with Crippen molar-refractivity contribution < 1.29 is 33.3 Å². The van der Waals surface area contributed by atoms with Crippen LogP contribution in [0, 0.1) is 0 Å². The molecule has 0 radical (unpaired) electrons. The highest BCUT2D eigenvalue weighted by Gasteiger charge is 1.88. The fourth-order valence-electron chi connectivity index (χ4n) is 0.875. The molecule has 0 aliphatic rings. The molecule has 1 unspecified atom stereocenters. The second-order valence-corrected chi connectivity index (χ2v) is 11.3. The summed E-state index contributed by atoms with van der Waals surface area (Å²) in [7, 11) is 18.9. The van der Waals surface area contributed by atoms with E-state index in [-0.39, 0.29) is 11.8 Å². The van der Waals surface area contributed by atoms with Crippen LogP contribution in [-0.4, -0.2) is 146 Å². The van der Waals surface area contributed by atoms with E-state index < -0.39 is 0 Å². The van der Waals surface area contributed by atoms with E-state index in [1.807, 2.05) is 40.5 Å². The molecule has 0 rings (SSSR count). The van der Waals surface area contributed by atoms with Crippen molar-refractivity contribution in [1.82, 2.24) is 26.7 Å². The van der Waals surface area contributed by atoms with E-state index in [0.717, 1.165) is 39.1 Å². The van der Waals surface area contributed by atoms with Crippen molar-refractivity contribution >= 4 is 47.1 Å². The number of hydrogen-bond acceptors (Lipinski definition) is 13. The lowest BCUT2D eigenvalue weighted by molar-refractivity contribution is -0.137. The fourth-order valence-corrected chi connectivity index (χ4v) is 0.875. The number of ether oxygens (including phenoxy) is 5. The normalized spacial score (nSPS) is 8.05. The Hall–Kier alpha value is -1.59. The van der Waals surface area contributed by atoms with Crippen molar-refractivity contribution in [2.24, 2.45) is 5.10 Å². The van der Waals surface area contributed by atoms with Crippen LogP contribution in [0.1, 0.15) is 129 Å². The van der Waals surface area contributed by atoms with Crippen molar-refractivity contribution in [2.75, 3.05) is 117 Å². The largest absolute Gasteiger partial charge is 0.469 e. The van der Waals surface area contributed by atoms with Gasteiger partial charge in [0.2, 0.25) is 0 Å². The third kappa shape index (κ3) is 514. The predicted molar refractivity (Wildman–Crippen MR) is 263 cm³/mol. The Bertz CT molecular complexity index is 521. The lowest BCUT2D eigenvalue weighted by Crippen LogP contribution is -2.28.